The van der Waals surface area contributed by atoms with Gasteiger partial charge in [0.15, 0.2) is 0 Å². The Morgan fingerprint density at radius 1 is 1.18 bits per heavy atom. The van der Waals surface area contributed by atoms with Crippen LogP contribution in [0.5, 0.6) is 0 Å². The van der Waals surface area contributed by atoms with E-state index in [4.69, 9.17) is 5.73 Å². The van der Waals surface area contributed by atoms with Gasteiger partial charge in [-0.15, -0.1) is 0 Å². The van der Waals surface area contributed by atoms with Gasteiger partial charge in [0.1, 0.15) is 0 Å². The number of hydrogen-bond acceptors (Lipinski definition) is 4. The van der Waals surface area contributed by atoms with E-state index in [0.29, 0.717) is 6.54 Å². The molecule has 0 amide bonds. The van der Waals surface area contributed by atoms with Gasteiger partial charge >= 0.3 is 0 Å². The van der Waals surface area contributed by atoms with Crippen LogP contribution in [0.15, 0.2) is 43.1 Å². The molecule has 0 saturated carbocycles. The molecule has 0 aliphatic rings. The van der Waals surface area contributed by atoms with Crippen LogP contribution >= 0.6 is 0 Å². The zero-order valence-electron chi connectivity index (χ0n) is 9.11. The van der Waals surface area contributed by atoms with Crippen LogP contribution in [0.1, 0.15) is 5.69 Å². The lowest BCUT2D eigenvalue weighted by Crippen LogP contribution is -2.00. The summed E-state index contributed by atoms with van der Waals surface area (Å²) in [6.45, 7) is 0.661. The highest BCUT2D eigenvalue weighted by Gasteiger charge is 2.03. The largest absolute Gasteiger partial charge is 0.399 e. The van der Waals surface area contributed by atoms with E-state index in [9.17, 15) is 0 Å². The number of fused-ring (bicyclic) bond motifs is 1. The van der Waals surface area contributed by atoms with Gasteiger partial charge in [-0.25, -0.2) is 4.98 Å². The Kier molecular flexibility index (Phi) is 2.22. The number of nitrogen functional groups attached to an aromatic ring is 1. The number of nitrogens with two attached hydrogens (primary N) is 1. The first-order chi connectivity index (χ1) is 8.33. The van der Waals surface area contributed by atoms with Gasteiger partial charge in [-0.3, -0.25) is 9.97 Å². The number of hydrogen-bond donors (Lipinski definition) is 1. The van der Waals surface area contributed by atoms with Crippen LogP contribution in [0.25, 0.3) is 11.0 Å². The molecule has 0 unspecified atom stereocenters. The van der Waals surface area contributed by atoms with Crippen molar-refractivity contribution in [1.29, 1.82) is 0 Å². The van der Waals surface area contributed by atoms with E-state index in [-0.39, 0.29) is 0 Å². The van der Waals surface area contributed by atoms with E-state index < -0.39 is 0 Å². The molecule has 5 nitrogen and oxygen atoms in total. The van der Waals surface area contributed by atoms with E-state index in [0.717, 1.165) is 22.4 Å². The fourth-order valence-electron chi connectivity index (χ4n) is 1.79. The van der Waals surface area contributed by atoms with Gasteiger partial charge in [0, 0.05) is 18.1 Å². The van der Waals surface area contributed by atoms with Gasteiger partial charge < -0.3 is 10.3 Å². The summed E-state index contributed by atoms with van der Waals surface area (Å²) >= 11 is 0. The molecule has 17 heavy (non-hydrogen) atoms. The molecule has 3 aromatic rings. The number of benzene rings is 1. The molecular formula is C12H11N5. The first kappa shape index (κ1) is 9.77. The van der Waals surface area contributed by atoms with Crippen molar-refractivity contribution < 1.29 is 0 Å². The van der Waals surface area contributed by atoms with Gasteiger partial charge in [-0.2, -0.15) is 0 Å². The van der Waals surface area contributed by atoms with Gasteiger partial charge in [0.25, 0.3) is 0 Å². The zero-order valence-corrected chi connectivity index (χ0v) is 9.11. The molecule has 84 valence electrons. The van der Waals surface area contributed by atoms with Crippen LogP contribution in [0.4, 0.5) is 5.69 Å². The zero-order chi connectivity index (χ0) is 11.7. The Bertz CT molecular complexity index is 644. The number of imidazole rings is 1. The molecule has 0 radical (unpaired) electrons. The second-order valence-corrected chi connectivity index (χ2v) is 3.82. The Balaban J connectivity index is 2.01. The quantitative estimate of drug-likeness (QED) is 0.670. The number of nitrogens with zero attached hydrogens (tertiary/aromatic N) is 4. The van der Waals surface area contributed by atoms with Crippen molar-refractivity contribution in [1.82, 2.24) is 19.5 Å². The van der Waals surface area contributed by atoms with Crippen LogP contribution in [0, 0.1) is 0 Å². The van der Waals surface area contributed by atoms with Gasteiger partial charge in [-0.1, -0.05) is 0 Å². The van der Waals surface area contributed by atoms with Crippen molar-refractivity contribution in [3.63, 3.8) is 0 Å². The summed E-state index contributed by atoms with van der Waals surface area (Å²) in [5, 5.41) is 0. The lowest BCUT2D eigenvalue weighted by molar-refractivity contribution is 0.790. The third-order valence-corrected chi connectivity index (χ3v) is 2.59. The monoisotopic (exact) mass is 225 g/mol. The molecule has 5 heteroatoms. The average molecular weight is 225 g/mol. The Morgan fingerprint density at radius 2 is 2.12 bits per heavy atom. The average Bonchev–Trinajstić information content (AvgIpc) is 2.73. The van der Waals surface area contributed by atoms with Crippen molar-refractivity contribution in [2.45, 2.75) is 6.54 Å². The second kappa shape index (κ2) is 3.86. The van der Waals surface area contributed by atoms with E-state index in [2.05, 4.69) is 15.0 Å². The molecule has 0 aliphatic carbocycles. The number of aromatic nitrogens is 4. The molecule has 0 spiro atoms. The number of anilines is 1. The first-order valence-electron chi connectivity index (χ1n) is 5.28. The van der Waals surface area contributed by atoms with E-state index in [1.165, 1.54) is 0 Å². The molecule has 3 rings (SSSR count). The van der Waals surface area contributed by atoms with E-state index in [1.807, 2.05) is 22.8 Å². The van der Waals surface area contributed by atoms with Crippen LogP contribution < -0.4 is 5.73 Å². The van der Waals surface area contributed by atoms with Crippen molar-refractivity contribution in [3.05, 3.63) is 48.8 Å². The summed E-state index contributed by atoms with van der Waals surface area (Å²) in [6, 6.07) is 5.70. The summed E-state index contributed by atoms with van der Waals surface area (Å²) in [5.74, 6) is 0. The predicted octanol–water partition coefficient (Wildman–Crippen LogP) is 1.46. The summed E-state index contributed by atoms with van der Waals surface area (Å²) < 4.78 is 2.03. The van der Waals surface area contributed by atoms with Gasteiger partial charge in [0.2, 0.25) is 0 Å². The number of rotatable bonds is 2. The highest BCUT2D eigenvalue weighted by atomic mass is 15.1. The highest BCUT2D eigenvalue weighted by Crippen LogP contribution is 2.16. The lowest BCUT2D eigenvalue weighted by atomic mass is 10.3. The SMILES string of the molecule is Nc1ccc2c(c1)ncn2Cc1cnccn1. The maximum atomic E-state index is 5.71. The Morgan fingerprint density at radius 3 is 2.94 bits per heavy atom. The summed E-state index contributed by atoms with van der Waals surface area (Å²) in [6.07, 6.45) is 6.89. The normalized spacial score (nSPS) is 10.8. The highest BCUT2D eigenvalue weighted by molar-refractivity contribution is 5.78. The second-order valence-electron chi connectivity index (χ2n) is 3.82. The third kappa shape index (κ3) is 1.82. The Hall–Kier alpha value is -2.43. The van der Waals surface area contributed by atoms with Crippen molar-refractivity contribution in [2.24, 2.45) is 0 Å². The van der Waals surface area contributed by atoms with Crippen molar-refractivity contribution in [3.8, 4) is 0 Å². The molecule has 0 saturated heterocycles. The smallest absolute Gasteiger partial charge is 0.0962 e. The fraction of sp³-hybridized carbons (Fsp3) is 0.0833. The molecule has 2 N–H and O–H groups in total. The van der Waals surface area contributed by atoms with Crippen molar-refractivity contribution in [2.75, 3.05) is 5.73 Å². The van der Waals surface area contributed by atoms with Crippen LogP contribution in [-0.4, -0.2) is 19.5 Å². The van der Waals surface area contributed by atoms with Gasteiger partial charge in [-0.05, 0) is 18.2 Å². The molecule has 0 atom stereocenters. The van der Waals surface area contributed by atoms with E-state index >= 15 is 0 Å². The van der Waals surface area contributed by atoms with Crippen LogP contribution in [0.3, 0.4) is 0 Å². The van der Waals surface area contributed by atoms with Crippen LogP contribution in [0.2, 0.25) is 0 Å². The van der Waals surface area contributed by atoms with Crippen molar-refractivity contribution >= 4 is 16.7 Å². The molecule has 1 aromatic carbocycles. The molecule has 2 heterocycles. The minimum atomic E-state index is 0.661. The topological polar surface area (TPSA) is 69.6 Å². The fourth-order valence-corrected chi connectivity index (χ4v) is 1.79. The minimum Gasteiger partial charge on any atom is -0.399 e. The van der Waals surface area contributed by atoms with Crippen LogP contribution in [-0.2, 0) is 6.54 Å². The molecular weight excluding hydrogens is 214 g/mol. The molecule has 0 bridgehead atoms. The lowest BCUT2D eigenvalue weighted by Gasteiger charge is -2.03. The van der Waals surface area contributed by atoms with E-state index in [1.54, 1.807) is 24.9 Å². The maximum absolute atomic E-state index is 5.71. The molecule has 0 aliphatic heterocycles. The Labute approximate surface area is 98.0 Å². The maximum Gasteiger partial charge on any atom is 0.0962 e. The first-order valence-corrected chi connectivity index (χ1v) is 5.28. The minimum absolute atomic E-state index is 0.661. The standard InChI is InChI=1S/C12H11N5/c13-9-1-2-12-11(5-9)16-8-17(12)7-10-6-14-3-4-15-10/h1-6,8H,7,13H2. The summed E-state index contributed by atoms with van der Waals surface area (Å²) in [7, 11) is 0. The predicted molar refractivity (Wildman–Crippen MR) is 65.3 cm³/mol. The summed E-state index contributed by atoms with van der Waals surface area (Å²) in [5.41, 5.74) is 9.29. The molecule has 2 aromatic heterocycles. The summed E-state index contributed by atoms with van der Waals surface area (Å²) in [4.78, 5) is 12.6. The van der Waals surface area contributed by atoms with Gasteiger partial charge in [0.05, 0.1) is 35.8 Å². The molecule has 0 fully saturated rings. The third-order valence-electron chi connectivity index (χ3n) is 2.59.